The number of aryl methyl sites for hydroxylation is 1. The molecule has 2 rings (SSSR count). The molecule has 1 unspecified atom stereocenters. The van der Waals surface area contributed by atoms with Crippen LogP contribution in [0, 0.1) is 0 Å². The average Bonchev–Trinajstić information content (AvgIpc) is 2.92. The minimum Gasteiger partial charge on any atom is -0.310 e. The molecule has 0 aliphatic heterocycles. The summed E-state index contributed by atoms with van der Waals surface area (Å²) in [4.78, 5) is 5.68. The summed E-state index contributed by atoms with van der Waals surface area (Å²) in [6.45, 7) is 7.49. The van der Waals surface area contributed by atoms with Crippen molar-refractivity contribution in [2.24, 2.45) is 0 Å². The molecule has 0 fully saturated rings. The van der Waals surface area contributed by atoms with Crippen LogP contribution in [0.5, 0.6) is 0 Å². The van der Waals surface area contributed by atoms with Crippen LogP contribution in [0.15, 0.2) is 31.9 Å². The van der Waals surface area contributed by atoms with E-state index in [4.69, 9.17) is 0 Å². The fraction of sp³-hybridized carbons (Fsp3) is 0.467. The Morgan fingerprint density at radius 2 is 2.19 bits per heavy atom. The molecule has 0 bridgehead atoms. The van der Waals surface area contributed by atoms with Gasteiger partial charge in [0.2, 0.25) is 0 Å². The molecule has 0 saturated heterocycles. The monoisotopic (exact) mass is 385 g/mol. The predicted octanol–water partition coefficient (Wildman–Crippen LogP) is 5.07. The lowest BCUT2D eigenvalue weighted by atomic mass is 10.1. The molecule has 114 valence electrons. The van der Waals surface area contributed by atoms with Gasteiger partial charge in [0.1, 0.15) is 5.82 Å². The van der Waals surface area contributed by atoms with E-state index in [9.17, 15) is 0 Å². The molecule has 1 aromatic carbocycles. The maximum Gasteiger partial charge on any atom is 0.174 e. The van der Waals surface area contributed by atoms with Gasteiger partial charge in [0, 0.05) is 21.8 Å². The molecule has 0 spiro atoms. The number of hydrogen-bond acceptors (Lipinski definition) is 5. The standard InChI is InChI=1S/C15H20BrN3S2/c1-4-8-17-10(3)12-7-6-11(9-13(12)16)20-15-18-14(5-2)19-21-15/h6-7,9-10,17H,4-5,8H2,1-3H3. The topological polar surface area (TPSA) is 37.8 Å². The van der Waals surface area contributed by atoms with Gasteiger partial charge in [-0.05, 0) is 49.1 Å². The number of nitrogens with one attached hydrogen (secondary N) is 1. The molecule has 0 amide bonds. The lowest BCUT2D eigenvalue weighted by molar-refractivity contribution is 0.568. The summed E-state index contributed by atoms with van der Waals surface area (Å²) >= 11 is 6.83. The zero-order valence-electron chi connectivity index (χ0n) is 12.5. The van der Waals surface area contributed by atoms with Crippen molar-refractivity contribution in [2.75, 3.05) is 6.54 Å². The highest BCUT2D eigenvalue weighted by Crippen LogP contribution is 2.33. The van der Waals surface area contributed by atoms with Gasteiger partial charge >= 0.3 is 0 Å². The van der Waals surface area contributed by atoms with Gasteiger partial charge in [-0.1, -0.05) is 47.6 Å². The molecule has 0 saturated carbocycles. The van der Waals surface area contributed by atoms with Crippen molar-refractivity contribution >= 4 is 39.2 Å². The van der Waals surface area contributed by atoms with Crippen LogP contribution in [-0.4, -0.2) is 15.9 Å². The van der Waals surface area contributed by atoms with Gasteiger partial charge in [-0.25, -0.2) is 4.98 Å². The number of rotatable bonds is 7. The summed E-state index contributed by atoms with van der Waals surface area (Å²) in [7, 11) is 0. The van der Waals surface area contributed by atoms with Crippen LogP contribution < -0.4 is 5.32 Å². The van der Waals surface area contributed by atoms with Crippen LogP contribution in [0.4, 0.5) is 0 Å². The maximum atomic E-state index is 4.49. The van der Waals surface area contributed by atoms with Crippen molar-refractivity contribution in [3.63, 3.8) is 0 Å². The SMILES string of the molecule is CCCNC(C)c1ccc(Sc2nc(CC)ns2)cc1Br. The molecule has 6 heteroatoms. The van der Waals surface area contributed by atoms with E-state index < -0.39 is 0 Å². The third-order valence-electron chi connectivity index (χ3n) is 3.11. The number of halogens is 1. The Kier molecular flexibility index (Phi) is 6.67. The Hall–Kier alpha value is -0.430. The van der Waals surface area contributed by atoms with Gasteiger partial charge in [-0.2, -0.15) is 4.37 Å². The van der Waals surface area contributed by atoms with Crippen molar-refractivity contribution in [1.82, 2.24) is 14.7 Å². The number of aromatic nitrogens is 2. The molecule has 3 nitrogen and oxygen atoms in total. The van der Waals surface area contributed by atoms with Crippen LogP contribution in [0.2, 0.25) is 0 Å². The summed E-state index contributed by atoms with van der Waals surface area (Å²) < 4.78 is 6.47. The van der Waals surface area contributed by atoms with Crippen LogP contribution >= 0.6 is 39.2 Å². The van der Waals surface area contributed by atoms with Crippen LogP contribution in [-0.2, 0) is 6.42 Å². The van der Waals surface area contributed by atoms with Gasteiger partial charge in [0.15, 0.2) is 4.34 Å². The molecule has 1 aromatic heterocycles. The molecule has 0 radical (unpaired) electrons. The fourth-order valence-corrected chi connectivity index (χ4v) is 4.51. The quantitative estimate of drug-likeness (QED) is 0.721. The molecule has 2 aromatic rings. The van der Waals surface area contributed by atoms with Crippen molar-refractivity contribution in [3.05, 3.63) is 34.1 Å². The summed E-state index contributed by atoms with van der Waals surface area (Å²) in [5, 5.41) is 3.51. The molecule has 1 atom stereocenters. The Bertz CT molecular complexity index is 586. The Labute approximate surface area is 143 Å². The second kappa shape index (κ2) is 8.27. The molecule has 1 heterocycles. The lowest BCUT2D eigenvalue weighted by Crippen LogP contribution is -2.19. The average molecular weight is 386 g/mol. The first kappa shape index (κ1) is 16.9. The van der Waals surface area contributed by atoms with Crippen LogP contribution in [0.1, 0.15) is 44.6 Å². The zero-order chi connectivity index (χ0) is 15.2. The summed E-state index contributed by atoms with van der Waals surface area (Å²) in [5.41, 5.74) is 1.29. The second-order valence-electron chi connectivity index (χ2n) is 4.79. The first-order valence-electron chi connectivity index (χ1n) is 7.17. The number of benzene rings is 1. The van der Waals surface area contributed by atoms with Crippen molar-refractivity contribution < 1.29 is 0 Å². The highest BCUT2D eigenvalue weighted by molar-refractivity contribution is 9.10. The van der Waals surface area contributed by atoms with E-state index in [0.29, 0.717) is 6.04 Å². The van der Waals surface area contributed by atoms with Crippen molar-refractivity contribution in [2.45, 2.75) is 48.9 Å². The maximum absolute atomic E-state index is 4.49. The lowest BCUT2D eigenvalue weighted by Gasteiger charge is -2.16. The van der Waals surface area contributed by atoms with E-state index in [1.807, 2.05) is 0 Å². The largest absolute Gasteiger partial charge is 0.310 e. The smallest absolute Gasteiger partial charge is 0.174 e. The van der Waals surface area contributed by atoms with E-state index in [1.54, 1.807) is 11.8 Å². The molecule has 0 aliphatic carbocycles. The van der Waals surface area contributed by atoms with E-state index in [1.165, 1.54) is 22.0 Å². The van der Waals surface area contributed by atoms with Gasteiger partial charge in [-0.3, -0.25) is 0 Å². The molecule has 1 N–H and O–H groups in total. The minimum atomic E-state index is 0.353. The Morgan fingerprint density at radius 3 is 2.81 bits per heavy atom. The Balaban J connectivity index is 2.07. The third kappa shape index (κ3) is 4.77. The molecule has 21 heavy (non-hydrogen) atoms. The number of hydrogen-bond donors (Lipinski definition) is 1. The summed E-state index contributed by atoms with van der Waals surface area (Å²) in [6, 6.07) is 6.85. The van der Waals surface area contributed by atoms with E-state index in [2.05, 4.69) is 69.6 Å². The molecule has 0 aliphatic rings. The first-order valence-corrected chi connectivity index (χ1v) is 9.55. The van der Waals surface area contributed by atoms with Crippen molar-refractivity contribution in [1.29, 1.82) is 0 Å². The third-order valence-corrected chi connectivity index (χ3v) is 5.58. The first-order chi connectivity index (χ1) is 10.1. The summed E-state index contributed by atoms with van der Waals surface area (Å²) in [6.07, 6.45) is 2.03. The van der Waals surface area contributed by atoms with Crippen LogP contribution in [0.3, 0.4) is 0 Å². The highest BCUT2D eigenvalue weighted by atomic mass is 79.9. The summed E-state index contributed by atoms with van der Waals surface area (Å²) in [5.74, 6) is 0.926. The minimum absolute atomic E-state index is 0.353. The van der Waals surface area contributed by atoms with Gasteiger partial charge in [0.05, 0.1) is 0 Å². The van der Waals surface area contributed by atoms with Crippen molar-refractivity contribution in [3.8, 4) is 0 Å². The van der Waals surface area contributed by atoms with E-state index in [-0.39, 0.29) is 0 Å². The predicted molar refractivity (Wildman–Crippen MR) is 94.3 cm³/mol. The van der Waals surface area contributed by atoms with Gasteiger partial charge in [0.25, 0.3) is 0 Å². The normalized spacial score (nSPS) is 12.6. The zero-order valence-corrected chi connectivity index (χ0v) is 15.7. The van der Waals surface area contributed by atoms with E-state index in [0.717, 1.165) is 34.0 Å². The molecular formula is C15H20BrN3S2. The van der Waals surface area contributed by atoms with Crippen LogP contribution in [0.25, 0.3) is 0 Å². The Morgan fingerprint density at radius 1 is 1.38 bits per heavy atom. The van der Waals surface area contributed by atoms with Gasteiger partial charge < -0.3 is 5.32 Å². The second-order valence-corrected chi connectivity index (χ2v) is 7.72. The number of nitrogens with zero attached hydrogens (tertiary/aromatic N) is 2. The fourth-order valence-electron chi connectivity index (χ4n) is 1.92. The van der Waals surface area contributed by atoms with E-state index >= 15 is 0 Å². The highest BCUT2D eigenvalue weighted by Gasteiger charge is 2.11. The molecular weight excluding hydrogens is 366 g/mol. The van der Waals surface area contributed by atoms with Gasteiger partial charge in [-0.15, -0.1) is 0 Å².